The van der Waals surface area contributed by atoms with E-state index in [0.717, 1.165) is 48.8 Å². The van der Waals surface area contributed by atoms with Crippen molar-refractivity contribution < 1.29 is 19.6 Å². The van der Waals surface area contributed by atoms with E-state index >= 15 is 0 Å². The minimum atomic E-state index is -0.638. The summed E-state index contributed by atoms with van der Waals surface area (Å²) in [5.74, 6) is -1.05. The zero-order chi connectivity index (χ0) is 23.6. The van der Waals surface area contributed by atoms with Gasteiger partial charge in [0.1, 0.15) is 6.61 Å². The second kappa shape index (κ2) is 12.1. The SMILES string of the molecule is CCCN(CCC)Cc1ccc2c(CONC(=O)c3ccc(C(=O)NO)cc3)cccc2c1. The number of carbonyl (C=O) groups is 2. The Labute approximate surface area is 194 Å². The van der Waals surface area contributed by atoms with Crippen molar-refractivity contribution in [2.24, 2.45) is 0 Å². The Morgan fingerprint density at radius 2 is 1.58 bits per heavy atom. The number of fused-ring (bicyclic) bond motifs is 1. The van der Waals surface area contributed by atoms with Crippen molar-refractivity contribution in [3.05, 3.63) is 82.9 Å². The number of hydrogen-bond acceptors (Lipinski definition) is 5. The second-order valence-corrected chi connectivity index (χ2v) is 7.99. The molecule has 0 saturated carbocycles. The first-order chi connectivity index (χ1) is 16.0. The lowest BCUT2D eigenvalue weighted by Crippen LogP contribution is -2.24. The number of hydroxylamine groups is 2. The maximum atomic E-state index is 12.3. The predicted molar refractivity (Wildman–Crippen MR) is 128 cm³/mol. The normalized spacial score (nSPS) is 11.0. The zero-order valence-electron chi connectivity index (χ0n) is 19.1. The molecule has 7 nitrogen and oxygen atoms in total. The average molecular weight is 450 g/mol. The van der Waals surface area contributed by atoms with E-state index in [1.165, 1.54) is 29.8 Å². The highest BCUT2D eigenvalue weighted by molar-refractivity contribution is 5.97. The standard InChI is InChI=1S/C26H31N3O4/c1-3-14-29(15-4-2)17-19-8-13-24-22(16-19)6-5-7-23(24)18-33-28-26(31)21-11-9-20(10-12-21)25(30)27-32/h5-13,16,32H,3-4,14-15,17-18H2,1-2H3,(H,27,30)(H,28,31). The van der Waals surface area contributed by atoms with Crippen LogP contribution in [0.1, 0.15) is 58.5 Å². The first-order valence-electron chi connectivity index (χ1n) is 11.2. The molecule has 33 heavy (non-hydrogen) atoms. The fraction of sp³-hybridized carbons (Fsp3) is 0.308. The molecule has 3 aromatic rings. The van der Waals surface area contributed by atoms with E-state index in [1.54, 1.807) is 5.48 Å². The van der Waals surface area contributed by atoms with Gasteiger partial charge in [-0.05, 0) is 78.2 Å². The fourth-order valence-corrected chi connectivity index (χ4v) is 3.86. The van der Waals surface area contributed by atoms with Crippen LogP contribution in [-0.2, 0) is 18.0 Å². The first kappa shape index (κ1) is 24.4. The van der Waals surface area contributed by atoms with Gasteiger partial charge in [0.2, 0.25) is 0 Å². The van der Waals surface area contributed by atoms with Crippen molar-refractivity contribution in [3.63, 3.8) is 0 Å². The Kier molecular flexibility index (Phi) is 8.95. The van der Waals surface area contributed by atoms with Crippen LogP contribution in [0.2, 0.25) is 0 Å². The van der Waals surface area contributed by atoms with Gasteiger partial charge in [-0.15, -0.1) is 0 Å². The summed E-state index contributed by atoms with van der Waals surface area (Å²) in [5.41, 5.74) is 6.86. The lowest BCUT2D eigenvalue weighted by atomic mass is 10.0. The minimum absolute atomic E-state index is 0.227. The number of amides is 2. The van der Waals surface area contributed by atoms with Crippen LogP contribution in [0.5, 0.6) is 0 Å². The number of nitrogens with one attached hydrogen (secondary N) is 2. The fourth-order valence-electron chi connectivity index (χ4n) is 3.86. The minimum Gasteiger partial charge on any atom is -0.299 e. The van der Waals surface area contributed by atoms with Crippen LogP contribution < -0.4 is 11.0 Å². The Morgan fingerprint density at radius 1 is 0.909 bits per heavy atom. The van der Waals surface area contributed by atoms with Crippen molar-refractivity contribution in [1.82, 2.24) is 15.9 Å². The molecule has 0 spiro atoms. The van der Waals surface area contributed by atoms with Crippen LogP contribution in [0.4, 0.5) is 0 Å². The van der Waals surface area contributed by atoms with E-state index in [0.29, 0.717) is 5.56 Å². The van der Waals surface area contributed by atoms with Crippen LogP contribution in [0.25, 0.3) is 10.8 Å². The maximum absolute atomic E-state index is 12.3. The molecular weight excluding hydrogens is 418 g/mol. The van der Waals surface area contributed by atoms with Crippen molar-refractivity contribution in [3.8, 4) is 0 Å². The van der Waals surface area contributed by atoms with Crippen LogP contribution in [0.3, 0.4) is 0 Å². The van der Waals surface area contributed by atoms with Gasteiger partial charge >= 0.3 is 0 Å². The summed E-state index contributed by atoms with van der Waals surface area (Å²) in [6.45, 7) is 7.77. The number of benzene rings is 3. The van der Waals surface area contributed by atoms with Crippen LogP contribution in [0.15, 0.2) is 60.7 Å². The third-order valence-corrected chi connectivity index (χ3v) is 5.42. The molecule has 0 aliphatic rings. The monoisotopic (exact) mass is 449 g/mol. The van der Waals surface area contributed by atoms with Gasteiger partial charge < -0.3 is 0 Å². The molecule has 0 heterocycles. The summed E-state index contributed by atoms with van der Waals surface area (Å²) in [5, 5.41) is 10.9. The number of hydrogen-bond donors (Lipinski definition) is 3. The maximum Gasteiger partial charge on any atom is 0.274 e. The van der Waals surface area contributed by atoms with Gasteiger partial charge in [0, 0.05) is 17.7 Å². The quantitative estimate of drug-likeness (QED) is 0.297. The third kappa shape index (κ3) is 6.61. The van der Waals surface area contributed by atoms with Gasteiger partial charge in [0.25, 0.3) is 11.8 Å². The molecule has 3 aromatic carbocycles. The van der Waals surface area contributed by atoms with Crippen molar-refractivity contribution >= 4 is 22.6 Å². The van der Waals surface area contributed by atoms with Gasteiger partial charge in [-0.25, -0.2) is 11.0 Å². The van der Waals surface area contributed by atoms with E-state index < -0.39 is 11.8 Å². The van der Waals surface area contributed by atoms with E-state index in [9.17, 15) is 9.59 Å². The molecule has 174 valence electrons. The highest BCUT2D eigenvalue weighted by Crippen LogP contribution is 2.22. The van der Waals surface area contributed by atoms with E-state index in [2.05, 4.69) is 48.5 Å². The largest absolute Gasteiger partial charge is 0.299 e. The summed E-state index contributed by atoms with van der Waals surface area (Å²) in [6, 6.07) is 18.4. The number of nitrogens with zero attached hydrogens (tertiary/aromatic N) is 1. The smallest absolute Gasteiger partial charge is 0.274 e. The molecule has 0 aliphatic carbocycles. The Bertz CT molecular complexity index is 1080. The molecule has 2 amide bonds. The highest BCUT2D eigenvalue weighted by Gasteiger charge is 2.10. The van der Waals surface area contributed by atoms with Crippen molar-refractivity contribution in [2.45, 2.75) is 39.8 Å². The Morgan fingerprint density at radius 3 is 2.21 bits per heavy atom. The summed E-state index contributed by atoms with van der Waals surface area (Å²) in [4.78, 5) is 31.6. The van der Waals surface area contributed by atoms with Crippen LogP contribution >= 0.6 is 0 Å². The summed E-state index contributed by atoms with van der Waals surface area (Å²) < 4.78 is 0. The summed E-state index contributed by atoms with van der Waals surface area (Å²) >= 11 is 0. The van der Waals surface area contributed by atoms with E-state index in [4.69, 9.17) is 10.0 Å². The van der Waals surface area contributed by atoms with Crippen LogP contribution in [-0.4, -0.2) is 35.0 Å². The molecule has 0 radical (unpaired) electrons. The zero-order valence-corrected chi connectivity index (χ0v) is 19.1. The van der Waals surface area contributed by atoms with Gasteiger partial charge in [0.15, 0.2) is 0 Å². The lowest BCUT2D eigenvalue weighted by Gasteiger charge is -2.21. The first-order valence-corrected chi connectivity index (χ1v) is 11.2. The molecule has 3 N–H and O–H groups in total. The van der Waals surface area contributed by atoms with E-state index in [1.807, 2.05) is 12.1 Å². The highest BCUT2D eigenvalue weighted by atomic mass is 16.6. The summed E-state index contributed by atoms with van der Waals surface area (Å²) in [6.07, 6.45) is 2.28. The molecule has 3 rings (SSSR count). The van der Waals surface area contributed by atoms with Crippen molar-refractivity contribution in [1.29, 1.82) is 0 Å². The summed E-state index contributed by atoms with van der Waals surface area (Å²) in [7, 11) is 0. The van der Waals surface area contributed by atoms with Crippen LogP contribution in [0, 0.1) is 0 Å². The molecule has 0 fully saturated rings. The van der Waals surface area contributed by atoms with Gasteiger partial charge in [-0.2, -0.15) is 0 Å². The Balaban J connectivity index is 1.62. The van der Waals surface area contributed by atoms with Crippen molar-refractivity contribution in [2.75, 3.05) is 13.1 Å². The number of rotatable bonds is 11. The molecule has 7 heteroatoms. The van der Waals surface area contributed by atoms with E-state index in [-0.39, 0.29) is 12.2 Å². The van der Waals surface area contributed by atoms with Gasteiger partial charge in [-0.3, -0.25) is 24.5 Å². The molecule has 0 aliphatic heterocycles. The third-order valence-electron chi connectivity index (χ3n) is 5.42. The molecule has 0 saturated heterocycles. The molecule has 0 bridgehead atoms. The van der Waals surface area contributed by atoms with Gasteiger partial charge in [-0.1, -0.05) is 44.2 Å². The topological polar surface area (TPSA) is 90.9 Å². The Hall–Kier alpha value is -3.26. The molecule has 0 unspecified atom stereocenters. The van der Waals surface area contributed by atoms with Gasteiger partial charge in [0.05, 0.1) is 0 Å². The molecule has 0 aromatic heterocycles. The molecule has 0 atom stereocenters. The molecular formula is C26H31N3O4. The lowest BCUT2D eigenvalue weighted by molar-refractivity contribution is 0.0237. The predicted octanol–water partition coefficient (Wildman–Crippen LogP) is 4.44. The second-order valence-electron chi connectivity index (χ2n) is 7.99. The average Bonchev–Trinajstić information content (AvgIpc) is 2.84. The number of carbonyl (C=O) groups excluding carboxylic acids is 2.